The molecule has 20 heavy (non-hydrogen) atoms. The average molecular weight is 295 g/mol. The molecule has 2 amide bonds. The minimum atomic E-state index is -0.336. The van der Waals surface area contributed by atoms with Crippen LogP contribution in [0.15, 0.2) is 24.3 Å². The number of rotatable bonds is 3. The lowest BCUT2D eigenvalue weighted by atomic mass is 10.1. The smallest absolute Gasteiger partial charge is 0.254 e. The van der Waals surface area contributed by atoms with Gasteiger partial charge < -0.3 is 9.80 Å². The van der Waals surface area contributed by atoms with Gasteiger partial charge in [0, 0.05) is 32.1 Å². The number of carbonyl (C=O) groups excluding carboxylic acids is 2. The van der Waals surface area contributed by atoms with E-state index >= 15 is 0 Å². The lowest BCUT2D eigenvalue weighted by molar-refractivity contribution is -0.132. The number of amides is 2. The van der Waals surface area contributed by atoms with Crippen molar-refractivity contribution in [2.24, 2.45) is 0 Å². The van der Waals surface area contributed by atoms with Crippen LogP contribution in [-0.2, 0) is 10.7 Å². The van der Waals surface area contributed by atoms with Gasteiger partial charge in [0.1, 0.15) is 6.04 Å². The molecule has 4 nitrogen and oxygen atoms in total. The molecule has 1 aliphatic heterocycles. The van der Waals surface area contributed by atoms with E-state index in [1.54, 1.807) is 36.0 Å². The standard InChI is InChI=1S/C15H19ClN2O2/c1-17(2)15(20)13-7-4-8-18(13)14(19)12-6-3-5-11(9-12)10-16/h3,5-6,9,13H,4,7-8,10H2,1-2H3. The van der Waals surface area contributed by atoms with Gasteiger partial charge in [-0.05, 0) is 30.5 Å². The van der Waals surface area contributed by atoms with Crippen molar-refractivity contribution in [1.29, 1.82) is 0 Å². The van der Waals surface area contributed by atoms with E-state index < -0.39 is 0 Å². The van der Waals surface area contributed by atoms with Crippen molar-refractivity contribution in [3.05, 3.63) is 35.4 Å². The van der Waals surface area contributed by atoms with Gasteiger partial charge in [-0.1, -0.05) is 12.1 Å². The van der Waals surface area contributed by atoms with E-state index in [1.165, 1.54) is 0 Å². The molecule has 0 aliphatic carbocycles. The molecular weight excluding hydrogens is 276 g/mol. The normalized spacial score (nSPS) is 18.1. The first-order valence-corrected chi connectivity index (χ1v) is 7.25. The van der Waals surface area contributed by atoms with E-state index in [9.17, 15) is 9.59 Å². The average Bonchev–Trinajstić information content (AvgIpc) is 2.94. The number of hydrogen-bond acceptors (Lipinski definition) is 2. The Balaban J connectivity index is 2.21. The van der Waals surface area contributed by atoms with Gasteiger partial charge in [-0.3, -0.25) is 9.59 Å². The molecule has 1 atom stereocenters. The van der Waals surface area contributed by atoms with Gasteiger partial charge in [-0.25, -0.2) is 0 Å². The maximum atomic E-state index is 12.6. The monoisotopic (exact) mass is 294 g/mol. The third-order valence-electron chi connectivity index (χ3n) is 3.57. The number of likely N-dealkylation sites (N-methyl/N-ethyl adjacent to an activating group) is 1. The van der Waals surface area contributed by atoms with Crippen LogP contribution in [0.25, 0.3) is 0 Å². The summed E-state index contributed by atoms with van der Waals surface area (Å²) in [6.45, 7) is 0.633. The van der Waals surface area contributed by atoms with Crippen LogP contribution in [0, 0.1) is 0 Å². The second kappa shape index (κ2) is 6.27. The maximum Gasteiger partial charge on any atom is 0.254 e. The molecule has 0 aromatic heterocycles. The van der Waals surface area contributed by atoms with Gasteiger partial charge in [-0.2, -0.15) is 0 Å². The summed E-state index contributed by atoms with van der Waals surface area (Å²) in [4.78, 5) is 27.9. The minimum absolute atomic E-state index is 0.00986. The zero-order valence-corrected chi connectivity index (χ0v) is 12.6. The highest BCUT2D eigenvalue weighted by atomic mass is 35.5. The van der Waals surface area contributed by atoms with Crippen molar-refractivity contribution in [3.8, 4) is 0 Å². The summed E-state index contributed by atoms with van der Waals surface area (Å²) < 4.78 is 0. The summed E-state index contributed by atoms with van der Waals surface area (Å²) in [7, 11) is 3.44. The van der Waals surface area contributed by atoms with Gasteiger partial charge in [-0.15, -0.1) is 11.6 Å². The molecule has 1 unspecified atom stereocenters. The van der Waals surface area contributed by atoms with Crippen LogP contribution >= 0.6 is 11.6 Å². The van der Waals surface area contributed by atoms with Crippen molar-refractivity contribution < 1.29 is 9.59 Å². The van der Waals surface area contributed by atoms with E-state index in [1.807, 2.05) is 12.1 Å². The fraction of sp³-hybridized carbons (Fsp3) is 0.467. The molecule has 1 aromatic rings. The van der Waals surface area contributed by atoms with Crippen LogP contribution in [0.2, 0.25) is 0 Å². The van der Waals surface area contributed by atoms with Crippen LogP contribution in [-0.4, -0.2) is 48.3 Å². The summed E-state index contributed by atoms with van der Waals surface area (Å²) in [6.07, 6.45) is 1.60. The number of carbonyl (C=O) groups is 2. The van der Waals surface area contributed by atoms with Gasteiger partial charge in [0.15, 0.2) is 0 Å². The zero-order chi connectivity index (χ0) is 14.7. The Hall–Kier alpha value is -1.55. The third kappa shape index (κ3) is 2.96. The predicted molar refractivity (Wildman–Crippen MR) is 78.8 cm³/mol. The second-order valence-corrected chi connectivity index (χ2v) is 5.49. The lowest BCUT2D eigenvalue weighted by Gasteiger charge is -2.26. The topological polar surface area (TPSA) is 40.6 Å². The Morgan fingerprint density at radius 3 is 2.80 bits per heavy atom. The van der Waals surface area contributed by atoms with Crippen molar-refractivity contribution in [2.45, 2.75) is 24.8 Å². The summed E-state index contributed by atoms with van der Waals surface area (Å²) in [5, 5.41) is 0. The molecule has 5 heteroatoms. The van der Waals surface area contributed by atoms with Gasteiger partial charge in [0.05, 0.1) is 0 Å². The fourth-order valence-electron chi connectivity index (χ4n) is 2.52. The largest absolute Gasteiger partial charge is 0.347 e. The van der Waals surface area contributed by atoms with Gasteiger partial charge >= 0.3 is 0 Å². The molecular formula is C15H19ClN2O2. The predicted octanol–water partition coefficient (Wildman–Crippen LogP) is 2.12. The molecule has 1 aromatic carbocycles. The van der Waals surface area contributed by atoms with Crippen LogP contribution in [0.4, 0.5) is 0 Å². The molecule has 1 fully saturated rings. The molecule has 1 heterocycles. The number of nitrogens with zero attached hydrogens (tertiary/aromatic N) is 2. The first-order valence-electron chi connectivity index (χ1n) is 6.71. The quantitative estimate of drug-likeness (QED) is 0.801. The summed E-state index contributed by atoms with van der Waals surface area (Å²) in [6, 6.07) is 6.94. The van der Waals surface area contributed by atoms with Crippen LogP contribution in [0.3, 0.4) is 0 Å². The molecule has 0 N–H and O–H groups in total. The molecule has 0 radical (unpaired) electrons. The van der Waals surface area contributed by atoms with Crippen molar-refractivity contribution >= 4 is 23.4 Å². The highest BCUT2D eigenvalue weighted by Crippen LogP contribution is 2.22. The summed E-state index contributed by atoms with van der Waals surface area (Å²) in [5.74, 6) is 0.278. The molecule has 0 spiro atoms. The SMILES string of the molecule is CN(C)C(=O)C1CCCN1C(=O)c1cccc(CCl)c1. The number of benzene rings is 1. The Morgan fingerprint density at radius 1 is 1.40 bits per heavy atom. The molecule has 0 saturated carbocycles. The second-order valence-electron chi connectivity index (χ2n) is 5.22. The van der Waals surface area contributed by atoms with Crippen molar-refractivity contribution in [2.75, 3.05) is 20.6 Å². The van der Waals surface area contributed by atoms with Crippen LogP contribution in [0.1, 0.15) is 28.8 Å². The fourth-order valence-corrected chi connectivity index (χ4v) is 2.68. The number of hydrogen-bond donors (Lipinski definition) is 0. The van der Waals surface area contributed by atoms with Crippen LogP contribution < -0.4 is 0 Å². The Kier molecular flexibility index (Phi) is 4.65. The minimum Gasteiger partial charge on any atom is -0.347 e. The van der Waals surface area contributed by atoms with E-state index in [-0.39, 0.29) is 17.9 Å². The highest BCUT2D eigenvalue weighted by molar-refractivity contribution is 6.17. The Labute approximate surface area is 124 Å². The van der Waals surface area contributed by atoms with Gasteiger partial charge in [0.2, 0.25) is 5.91 Å². The van der Waals surface area contributed by atoms with Crippen LogP contribution in [0.5, 0.6) is 0 Å². The summed E-state index contributed by atoms with van der Waals surface area (Å²) >= 11 is 5.80. The molecule has 1 aliphatic rings. The summed E-state index contributed by atoms with van der Waals surface area (Å²) in [5.41, 5.74) is 1.51. The van der Waals surface area contributed by atoms with Gasteiger partial charge in [0.25, 0.3) is 5.91 Å². The number of likely N-dealkylation sites (tertiary alicyclic amines) is 1. The molecule has 1 saturated heterocycles. The van der Waals surface area contributed by atoms with Crippen molar-refractivity contribution in [3.63, 3.8) is 0 Å². The highest BCUT2D eigenvalue weighted by Gasteiger charge is 2.35. The molecule has 0 bridgehead atoms. The lowest BCUT2D eigenvalue weighted by Crippen LogP contribution is -2.45. The third-order valence-corrected chi connectivity index (χ3v) is 3.88. The molecule has 2 rings (SSSR count). The van der Waals surface area contributed by atoms with E-state index in [4.69, 9.17) is 11.6 Å². The molecule has 108 valence electrons. The van der Waals surface area contributed by atoms with E-state index in [0.29, 0.717) is 18.0 Å². The van der Waals surface area contributed by atoms with E-state index in [2.05, 4.69) is 0 Å². The maximum absolute atomic E-state index is 12.6. The Morgan fingerprint density at radius 2 is 2.15 bits per heavy atom. The zero-order valence-electron chi connectivity index (χ0n) is 11.8. The van der Waals surface area contributed by atoms with E-state index in [0.717, 1.165) is 18.4 Å². The Bertz CT molecular complexity index is 516. The number of alkyl halides is 1. The first-order chi connectivity index (χ1) is 9.54. The van der Waals surface area contributed by atoms with Crippen molar-refractivity contribution in [1.82, 2.24) is 9.80 Å². The first kappa shape index (κ1) is 14.9. The number of halogens is 1.